The van der Waals surface area contributed by atoms with E-state index in [0.29, 0.717) is 6.54 Å². The summed E-state index contributed by atoms with van der Waals surface area (Å²) in [5.74, 6) is 0. The maximum Gasteiger partial charge on any atom is 0.244 e. The zero-order valence-corrected chi connectivity index (χ0v) is 14.7. The number of hydrogen-bond acceptors (Lipinski definition) is 3. The van der Waals surface area contributed by atoms with Crippen molar-refractivity contribution >= 4 is 33.2 Å². The van der Waals surface area contributed by atoms with E-state index in [1.165, 1.54) is 18.9 Å². The quantitative estimate of drug-likeness (QED) is 0.825. The molecule has 2 fully saturated rings. The highest BCUT2D eigenvalue weighted by Crippen LogP contribution is 2.34. The van der Waals surface area contributed by atoms with Crippen molar-refractivity contribution in [1.82, 2.24) is 9.21 Å². The lowest BCUT2D eigenvalue weighted by Crippen LogP contribution is -2.42. The van der Waals surface area contributed by atoms with Gasteiger partial charge in [0.15, 0.2) is 0 Å². The average Bonchev–Trinajstić information content (AvgIpc) is 3.14. The van der Waals surface area contributed by atoms with Gasteiger partial charge in [-0.3, -0.25) is 0 Å². The minimum atomic E-state index is -3.59. The number of rotatable bonds is 4. The van der Waals surface area contributed by atoms with Crippen molar-refractivity contribution in [3.05, 3.63) is 28.2 Å². The van der Waals surface area contributed by atoms with Gasteiger partial charge in [0.25, 0.3) is 0 Å². The molecule has 1 unspecified atom stereocenters. The first kappa shape index (κ1) is 16.5. The molecule has 2 aliphatic rings. The van der Waals surface area contributed by atoms with Crippen LogP contribution >= 0.6 is 23.2 Å². The SMILES string of the molecule is O=S(=O)(c1cccc(Cl)c1Cl)N1CCCC1CN1CCCC1. The second kappa shape index (κ2) is 6.65. The Balaban J connectivity index is 1.85. The van der Waals surface area contributed by atoms with Crippen molar-refractivity contribution in [2.45, 2.75) is 36.6 Å². The zero-order chi connectivity index (χ0) is 15.7. The predicted molar refractivity (Wildman–Crippen MR) is 89.0 cm³/mol. The van der Waals surface area contributed by atoms with E-state index < -0.39 is 10.0 Å². The highest BCUT2D eigenvalue weighted by atomic mass is 35.5. The van der Waals surface area contributed by atoms with Gasteiger partial charge in [0.1, 0.15) is 4.90 Å². The van der Waals surface area contributed by atoms with Gasteiger partial charge < -0.3 is 4.90 Å². The molecule has 122 valence electrons. The summed E-state index contributed by atoms with van der Waals surface area (Å²) in [4.78, 5) is 2.48. The van der Waals surface area contributed by atoms with Crippen LogP contribution in [-0.2, 0) is 10.0 Å². The molecule has 1 aromatic rings. The molecule has 0 aromatic heterocycles. The molecule has 0 saturated carbocycles. The fraction of sp³-hybridized carbons (Fsp3) is 0.600. The van der Waals surface area contributed by atoms with Gasteiger partial charge in [-0.05, 0) is 50.9 Å². The van der Waals surface area contributed by atoms with Crippen molar-refractivity contribution in [3.63, 3.8) is 0 Å². The van der Waals surface area contributed by atoms with Crippen LogP contribution in [0, 0.1) is 0 Å². The summed E-state index contributed by atoms with van der Waals surface area (Å²) in [6.07, 6.45) is 4.23. The zero-order valence-electron chi connectivity index (χ0n) is 12.3. The van der Waals surface area contributed by atoms with Crippen LogP contribution in [0.15, 0.2) is 23.1 Å². The highest BCUT2D eigenvalue weighted by molar-refractivity contribution is 7.89. The van der Waals surface area contributed by atoms with E-state index in [1.54, 1.807) is 16.4 Å². The van der Waals surface area contributed by atoms with Crippen LogP contribution in [0.2, 0.25) is 10.0 Å². The van der Waals surface area contributed by atoms with Gasteiger partial charge in [-0.15, -0.1) is 0 Å². The molecule has 1 atom stereocenters. The lowest BCUT2D eigenvalue weighted by atomic mass is 10.2. The van der Waals surface area contributed by atoms with Gasteiger partial charge in [-0.2, -0.15) is 4.31 Å². The topological polar surface area (TPSA) is 40.6 Å². The van der Waals surface area contributed by atoms with Gasteiger partial charge in [-0.25, -0.2) is 8.42 Å². The van der Waals surface area contributed by atoms with Crippen molar-refractivity contribution in [1.29, 1.82) is 0 Å². The Hall–Kier alpha value is -0.330. The van der Waals surface area contributed by atoms with Crippen LogP contribution in [-0.4, -0.2) is 49.8 Å². The Morgan fingerprint density at radius 1 is 1.09 bits per heavy atom. The van der Waals surface area contributed by atoms with Crippen LogP contribution in [0.25, 0.3) is 0 Å². The summed E-state index contributed by atoms with van der Waals surface area (Å²) in [6.45, 7) is 3.52. The number of likely N-dealkylation sites (tertiary alicyclic amines) is 1. The van der Waals surface area contributed by atoms with Gasteiger partial charge >= 0.3 is 0 Å². The Bertz CT molecular complexity index is 645. The Kier molecular flexibility index (Phi) is 5.00. The maximum absolute atomic E-state index is 13.0. The molecule has 22 heavy (non-hydrogen) atoms. The van der Waals surface area contributed by atoms with Crippen molar-refractivity contribution < 1.29 is 8.42 Å². The van der Waals surface area contributed by atoms with E-state index in [0.717, 1.165) is 32.5 Å². The van der Waals surface area contributed by atoms with Crippen LogP contribution in [0.5, 0.6) is 0 Å². The summed E-state index contributed by atoms with van der Waals surface area (Å²) in [5.41, 5.74) is 0. The minimum absolute atomic E-state index is 0.0400. The summed E-state index contributed by atoms with van der Waals surface area (Å²) < 4.78 is 27.5. The molecule has 3 rings (SSSR count). The molecule has 0 aliphatic carbocycles. The molecular weight excluding hydrogens is 343 g/mol. The van der Waals surface area contributed by atoms with Gasteiger partial charge in [-0.1, -0.05) is 29.3 Å². The minimum Gasteiger partial charge on any atom is -0.302 e. The van der Waals surface area contributed by atoms with E-state index in [4.69, 9.17) is 23.2 Å². The number of halogens is 2. The van der Waals surface area contributed by atoms with Crippen LogP contribution in [0.3, 0.4) is 0 Å². The Morgan fingerprint density at radius 2 is 1.82 bits per heavy atom. The van der Waals surface area contributed by atoms with Crippen LogP contribution < -0.4 is 0 Å². The molecule has 4 nitrogen and oxygen atoms in total. The molecular formula is C15H20Cl2N2O2S. The smallest absolute Gasteiger partial charge is 0.244 e. The molecule has 0 amide bonds. The number of hydrogen-bond donors (Lipinski definition) is 0. The van der Waals surface area contributed by atoms with E-state index in [9.17, 15) is 8.42 Å². The first-order valence-corrected chi connectivity index (χ1v) is 9.88. The fourth-order valence-electron chi connectivity index (χ4n) is 3.38. The third kappa shape index (κ3) is 3.15. The first-order valence-electron chi connectivity index (χ1n) is 7.68. The second-order valence-corrected chi connectivity index (χ2v) is 8.62. The number of benzene rings is 1. The lowest BCUT2D eigenvalue weighted by Gasteiger charge is -2.28. The fourth-order valence-corrected chi connectivity index (χ4v) is 5.80. The predicted octanol–water partition coefficient (Wildman–Crippen LogP) is 3.24. The van der Waals surface area contributed by atoms with Crippen molar-refractivity contribution in [2.75, 3.05) is 26.2 Å². The van der Waals surface area contributed by atoms with Crippen molar-refractivity contribution in [3.8, 4) is 0 Å². The third-order valence-corrected chi connectivity index (χ3v) is 7.42. The maximum atomic E-state index is 13.0. The summed E-state index contributed by atoms with van der Waals surface area (Å²) in [5, 5.41) is 0.397. The van der Waals surface area contributed by atoms with Crippen LogP contribution in [0.4, 0.5) is 0 Å². The van der Waals surface area contributed by atoms with E-state index in [2.05, 4.69) is 4.90 Å². The molecule has 0 radical (unpaired) electrons. The standard InChI is InChI=1S/C15H20Cl2N2O2S/c16-13-6-3-7-14(15(13)17)22(20,21)19-10-4-5-12(19)11-18-8-1-2-9-18/h3,6-7,12H,1-2,4-5,8-11H2. The summed E-state index contributed by atoms with van der Waals surface area (Å²) in [7, 11) is -3.59. The second-order valence-electron chi connectivity index (χ2n) is 5.97. The van der Waals surface area contributed by atoms with E-state index in [-0.39, 0.29) is 21.0 Å². The summed E-state index contributed by atoms with van der Waals surface area (Å²) >= 11 is 12.1. The lowest BCUT2D eigenvalue weighted by molar-refractivity contribution is 0.257. The Morgan fingerprint density at radius 3 is 2.55 bits per heavy atom. The van der Waals surface area contributed by atoms with Gasteiger partial charge in [0.05, 0.1) is 10.0 Å². The van der Waals surface area contributed by atoms with Gasteiger partial charge in [0, 0.05) is 19.1 Å². The molecule has 0 N–H and O–H groups in total. The van der Waals surface area contributed by atoms with E-state index >= 15 is 0 Å². The molecule has 1 aromatic carbocycles. The monoisotopic (exact) mass is 362 g/mol. The highest BCUT2D eigenvalue weighted by Gasteiger charge is 2.37. The summed E-state index contributed by atoms with van der Waals surface area (Å²) in [6, 6.07) is 4.81. The average molecular weight is 363 g/mol. The Labute approximate surface area is 142 Å². The molecule has 7 heteroatoms. The molecule has 0 spiro atoms. The third-order valence-electron chi connectivity index (χ3n) is 4.49. The molecule has 2 aliphatic heterocycles. The molecule has 2 saturated heterocycles. The molecule has 2 heterocycles. The van der Waals surface area contributed by atoms with Gasteiger partial charge in [0.2, 0.25) is 10.0 Å². The number of nitrogens with zero attached hydrogens (tertiary/aromatic N) is 2. The molecule has 0 bridgehead atoms. The first-order chi connectivity index (χ1) is 10.5. The van der Waals surface area contributed by atoms with E-state index in [1.807, 2.05) is 0 Å². The normalized spacial score (nSPS) is 24.2. The number of sulfonamides is 1. The largest absolute Gasteiger partial charge is 0.302 e. The van der Waals surface area contributed by atoms with Crippen molar-refractivity contribution in [2.24, 2.45) is 0 Å². The van der Waals surface area contributed by atoms with Crippen LogP contribution in [0.1, 0.15) is 25.7 Å².